The van der Waals surface area contributed by atoms with E-state index in [4.69, 9.17) is 18.9 Å². The molecule has 10 heteroatoms. The summed E-state index contributed by atoms with van der Waals surface area (Å²) in [7, 11) is 1.51. The number of esters is 1. The molecule has 2 rings (SSSR count). The molecule has 2 fully saturated rings. The van der Waals surface area contributed by atoms with Crippen LogP contribution in [0.3, 0.4) is 0 Å². The first-order valence-corrected chi connectivity index (χ1v) is 15.2. The minimum Gasteiger partial charge on any atom is -0.459 e. The van der Waals surface area contributed by atoms with Crippen molar-refractivity contribution < 1.29 is 49.0 Å². The van der Waals surface area contributed by atoms with Crippen molar-refractivity contribution in [2.24, 2.45) is 23.7 Å². The fourth-order valence-electron chi connectivity index (χ4n) is 6.64. The summed E-state index contributed by atoms with van der Waals surface area (Å²) in [6, 6.07) is 0. The molecule has 4 N–H and O–H groups in total. The van der Waals surface area contributed by atoms with Crippen LogP contribution in [-0.4, -0.2) is 92.4 Å². The molecule has 2 heterocycles. The van der Waals surface area contributed by atoms with E-state index in [1.165, 1.54) is 14.0 Å². The molecule has 2 aliphatic rings. The van der Waals surface area contributed by atoms with Gasteiger partial charge in [0.15, 0.2) is 6.29 Å². The van der Waals surface area contributed by atoms with Crippen LogP contribution >= 0.6 is 0 Å². The smallest absolute Gasteiger partial charge is 0.311 e. The van der Waals surface area contributed by atoms with E-state index in [-0.39, 0.29) is 37.9 Å². The topological polar surface area (TPSA) is 152 Å². The molecule has 10 nitrogen and oxygen atoms in total. The highest BCUT2D eigenvalue weighted by Gasteiger charge is 2.54. The maximum absolute atomic E-state index is 13.7. The van der Waals surface area contributed by atoms with Crippen molar-refractivity contribution in [1.82, 2.24) is 0 Å². The van der Waals surface area contributed by atoms with Crippen LogP contribution in [0.15, 0.2) is 0 Å². The summed E-state index contributed by atoms with van der Waals surface area (Å²) in [4.78, 5) is 27.0. The molecule has 0 aromatic rings. The Morgan fingerprint density at radius 1 is 0.976 bits per heavy atom. The minimum atomic E-state index is -1.93. The quantitative estimate of drug-likeness (QED) is 0.353. The van der Waals surface area contributed by atoms with Gasteiger partial charge in [0.25, 0.3) is 0 Å². The van der Waals surface area contributed by atoms with Gasteiger partial charge >= 0.3 is 5.97 Å². The summed E-state index contributed by atoms with van der Waals surface area (Å²) < 4.78 is 24.0. The molecule has 0 radical (unpaired) electrons. The molecule has 240 valence electrons. The molecule has 41 heavy (non-hydrogen) atoms. The Morgan fingerprint density at radius 2 is 1.56 bits per heavy atom. The second-order valence-electron chi connectivity index (χ2n) is 13.4. The molecule has 2 saturated heterocycles. The van der Waals surface area contributed by atoms with Gasteiger partial charge < -0.3 is 39.4 Å². The molecular weight excluding hydrogens is 532 g/mol. The molecule has 0 amide bonds. The van der Waals surface area contributed by atoms with Gasteiger partial charge in [0.05, 0.1) is 29.3 Å². The number of Topliss-reactive ketones (excluding diaryl/α,β-unsaturated/α-hetero) is 1. The van der Waals surface area contributed by atoms with E-state index in [1.54, 1.807) is 48.5 Å². The molecule has 0 aromatic heterocycles. The van der Waals surface area contributed by atoms with Crippen LogP contribution < -0.4 is 0 Å². The third-order valence-corrected chi connectivity index (χ3v) is 10.5. The second kappa shape index (κ2) is 13.2. The fourth-order valence-corrected chi connectivity index (χ4v) is 6.64. The van der Waals surface area contributed by atoms with Crippen LogP contribution in [0.5, 0.6) is 0 Å². The lowest BCUT2D eigenvalue weighted by Gasteiger charge is -2.48. The van der Waals surface area contributed by atoms with Gasteiger partial charge in [-0.1, -0.05) is 34.6 Å². The first-order chi connectivity index (χ1) is 18.7. The molecule has 2 aliphatic heterocycles. The van der Waals surface area contributed by atoms with E-state index < -0.39 is 82.8 Å². The van der Waals surface area contributed by atoms with Gasteiger partial charge in [0.1, 0.15) is 29.2 Å². The standard InChI is InChI=1S/C31H56O10/c1-12-23-30(10,36)31(37,13-2)15-22(32)17(3)14-28(8,35)20(6)18(4)25(19(5)27(34)40-23)41-24-16-29(9,38-11)26(33)21(7)39-24/h17-21,23-26,33,35-37H,12-16H2,1-11H3/t17-,18-,19-,20-,21+,23-,24+,25+,26+,28-,29-,30-,31-/m1/s1. The van der Waals surface area contributed by atoms with Gasteiger partial charge in [0.2, 0.25) is 0 Å². The van der Waals surface area contributed by atoms with Crippen molar-refractivity contribution in [2.75, 3.05) is 7.11 Å². The van der Waals surface area contributed by atoms with Gasteiger partial charge in [0, 0.05) is 25.9 Å². The SMILES string of the molecule is CC[C@H]1OC(=O)[C@H](C)[C@@H](O[C@H]2C[C@@](C)(OC)[C@@H](O)[C@H](C)O2)[C@H](C)[C@@H](C)[C@](C)(O)C[C@@H](C)C(=O)C[C@](O)(CC)[C@]1(C)O. The average molecular weight is 589 g/mol. The van der Waals surface area contributed by atoms with E-state index in [0.717, 1.165) is 0 Å². The second-order valence-corrected chi connectivity index (χ2v) is 13.4. The lowest BCUT2D eigenvalue weighted by atomic mass is 9.69. The summed E-state index contributed by atoms with van der Waals surface area (Å²) in [5.41, 5.74) is -6.06. The van der Waals surface area contributed by atoms with Crippen molar-refractivity contribution in [3.8, 4) is 0 Å². The van der Waals surface area contributed by atoms with E-state index >= 15 is 0 Å². The minimum absolute atomic E-state index is 0.0545. The Bertz CT molecular complexity index is 905. The van der Waals surface area contributed by atoms with Crippen LogP contribution in [0.4, 0.5) is 0 Å². The molecule has 0 aromatic carbocycles. The van der Waals surface area contributed by atoms with Crippen LogP contribution in [0, 0.1) is 23.7 Å². The van der Waals surface area contributed by atoms with Crippen LogP contribution in [0.25, 0.3) is 0 Å². The van der Waals surface area contributed by atoms with Crippen LogP contribution in [0.1, 0.15) is 101 Å². The number of aliphatic hydroxyl groups excluding tert-OH is 1. The van der Waals surface area contributed by atoms with Crippen molar-refractivity contribution in [1.29, 1.82) is 0 Å². The van der Waals surface area contributed by atoms with Crippen molar-refractivity contribution in [3.63, 3.8) is 0 Å². The predicted molar refractivity (Wildman–Crippen MR) is 153 cm³/mol. The highest BCUT2D eigenvalue weighted by atomic mass is 16.7. The first-order valence-electron chi connectivity index (χ1n) is 15.2. The predicted octanol–water partition coefficient (Wildman–Crippen LogP) is 3.14. The molecule has 0 saturated carbocycles. The van der Waals surface area contributed by atoms with Gasteiger partial charge in [-0.05, 0) is 65.7 Å². The third-order valence-electron chi connectivity index (χ3n) is 10.5. The summed E-state index contributed by atoms with van der Waals surface area (Å²) in [5.74, 6) is -3.25. The molecular formula is C31H56O10. The Kier molecular flexibility index (Phi) is 11.6. The molecule has 13 atom stereocenters. The Balaban J connectivity index is 2.58. The van der Waals surface area contributed by atoms with E-state index in [1.807, 2.05) is 13.8 Å². The summed E-state index contributed by atoms with van der Waals surface area (Å²) in [5, 5.41) is 45.5. The number of hydrogen-bond donors (Lipinski definition) is 4. The monoisotopic (exact) mass is 588 g/mol. The number of ketones is 1. The zero-order valence-electron chi connectivity index (χ0n) is 27.0. The zero-order valence-corrected chi connectivity index (χ0v) is 27.0. The lowest BCUT2D eigenvalue weighted by molar-refractivity contribution is -0.298. The average Bonchev–Trinajstić information content (AvgIpc) is 2.90. The van der Waals surface area contributed by atoms with E-state index in [0.29, 0.717) is 0 Å². The van der Waals surface area contributed by atoms with Crippen LogP contribution in [0.2, 0.25) is 0 Å². The van der Waals surface area contributed by atoms with Gasteiger partial charge in [-0.25, -0.2) is 0 Å². The summed E-state index contributed by atoms with van der Waals surface area (Å²) in [6.45, 7) is 17.1. The van der Waals surface area contributed by atoms with Gasteiger partial charge in [-0.2, -0.15) is 0 Å². The highest BCUT2D eigenvalue weighted by Crippen LogP contribution is 2.41. The normalized spacial score (nSPS) is 49.3. The van der Waals surface area contributed by atoms with Crippen LogP contribution in [-0.2, 0) is 28.5 Å². The maximum atomic E-state index is 13.7. The number of aliphatic hydroxyl groups is 4. The highest BCUT2D eigenvalue weighted by molar-refractivity contribution is 5.82. The Hall–Kier alpha value is -1.14. The van der Waals surface area contributed by atoms with Crippen molar-refractivity contribution in [2.45, 2.75) is 154 Å². The number of carbonyl (C=O) groups is 2. The molecule has 0 bridgehead atoms. The Labute approximate surface area is 246 Å². The lowest BCUT2D eigenvalue weighted by Crippen LogP contribution is -2.61. The summed E-state index contributed by atoms with van der Waals surface area (Å²) >= 11 is 0. The van der Waals surface area contributed by atoms with Crippen molar-refractivity contribution in [3.05, 3.63) is 0 Å². The largest absolute Gasteiger partial charge is 0.459 e. The number of rotatable bonds is 5. The van der Waals surface area contributed by atoms with E-state index in [2.05, 4.69) is 0 Å². The number of ether oxygens (including phenoxy) is 4. The first kappa shape index (κ1) is 36.1. The number of methoxy groups -OCH3 is 1. The van der Waals surface area contributed by atoms with E-state index in [9.17, 15) is 30.0 Å². The zero-order chi connectivity index (χ0) is 31.7. The third kappa shape index (κ3) is 7.33. The fraction of sp³-hybridized carbons (Fsp3) is 0.935. The summed E-state index contributed by atoms with van der Waals surface area (Å²) in [6.07, 6.45) is -3.98. The van der Waals surface area contributed by atoms with Crippen molar-refractivity contribution >= 4 is 11.8 Å². The van der Waals surface area contributed by atoms with Gasteiger partial charge in [-0.3, -0.25) is 9.59 Å². The molecule has 0 spiro atoms. The maximum Gasteiger partial charge on any atom is 0.311 e. The molecule has 0 aliphatic carbocycles. The number of hydrogen-bond acceptors (Lipinski definition) is 10. The molecule has 0 unspecified atom stereocenters. The van der Waals surface area contributed by atoms with Gasteiger partial charge in [-0.15, -0.1) is 0 Å². The Morgan fingerprint density at radius 3 is 2.07 bits per heavy atom. The number of carbonyl (C=O) groups excluding carboxylic acids is 2. The number of cyclic esters (lactones) is 1.